The molecule has 3 heterocycles. The molecule has 2 aliphatic rings. The van der Waals surface area contributed by atoms with E-state index in [2.05, 4.69) is 38.3 Å². The van der Waals surface area contributed by atoms with Crippen molar-refractivity contribution in [2.75, 3.05) is 26.8 Å². The molecular formula is C21H25BrN4O3. The van der Waals surface area contributed by atoms with Crippen molar-refractivity contribution in [3.63, 3.8) is 0 Å². The van der Waals surface area contributed by atoms with Crippen LogP contribution in [0.25, 0.3) is 0 Å². The summed E-state index contributed by atoms with van der Waals surface area (Å²) in [4.78, 5) is 31.3. The molecule has 4 rings (SSSR count). The molecule has 7 nitrogen and oxygen atoms in total. The van der Waals surface area contributed by atoms with E-state index >= 15 is 0 Å². The van der Waals surface area contributed by atoms with Crippen LogP contribution < -0.4 is 5.32 Å². The standard InChI is InChI=1S/C21H25BrN4O3/c1-24(13-17-8-9-18(22)29-17)15-26-19(27)21(23-20(26)28)10-5-11-25(14-21)12-16-6-3-2-4-7-16/h2-4,6-9H,5,10-15H2,1H3,(H,23,28). The van der Waals surface area contributed by atoms with Crippen LogP contribution in [0, 0.1) is 0 Å². The molecule has 2 aromatic rings. The number of amides is 3. The van der Waals surface area contributed by atoms with Crippen LogP contribution in [0.4, 0.5) is 4.79 Å². The summed E-state index contributed by atoms with van der Waals surface area (Å²) in [5, 5.41) is 3.00. The van der Waals surface area contributed by atoms with Gasteiger partial charge in [-0.3, -0.25) is 14.6 Å². The van der Waals surface area contributed by atoms with E-state index in [1.165, 1.54) is 10.5 Å². The Morgan fingerprint density at radius 2 is 2.00 bits per heavy atom. The molecule has 1 aromatic heterocycles. The smallest absolute Gasteiger partial charge is 0.326 e. The summed E-state index contributed by atoms with van der Waals surface area (Å²) in [6.45, 7) is 2.98. The summed E-state index contributed by atoms with van der Waals surface area (Å²) in [6, 6.07) is 13.6. The van der Waals surface area contributed by atoms with E-state index in [1.807, 2.05) is 42.3 Å². The van der Waals surface area contributed by atoms with Gasteiger partial charge in [-0.25, -0.2) is 9.69 Å². The normalized spacial score (nSPS) is 22.7. The molecular weight excluding hydrogens is 436 g/mol. The minimum atomic E-state index is -0.821. The maximum Gasteiger partial charge on any atom is 0.326 e. The van der Waals surface area contributed by atoms with Gasteiger partial charge in [-0.05, 0) is 60.1 Å². The van der Waals surface area contributed by atoms with E-state index < -0.39 is 5.54 Å². The number of imide groups is 1. The van der Waals surface area contributed by atoms with Crippen LogP contribution in [0.1, 0.15) is 24.2 Å². The van der Waals surface area contributed by atoms with E-state index in [9.17, 15) is 9.59 Å². The molecule has 154 valence electrons. The first-order valence-electron chi connectivity index (χ1n) is 9.78. The quantitative estimate of drug-likeness (QED) is 0.670. The van der Waals surface area contributed by atoms with Gasteiger partial charge in [-0.1, -0.05) is 30.3 Å². The number of carbonyl (C=O) groups is 2. The molecule has 2 aliphatic heterocycles. The lowest BCUT2D eigenvalue weighted by molar-refractivity contribution is -0.134. The summed E-state index contributed by atoms with van der Waals surface area (Å²) in [5.41, 5.74) is 0.390. The Kier molecular flexibility index (Phi) is 5.76. The van der Waals surface area contributed by atoms with Gasteiger partial charge < -0.3 is 9.73 Å². The van der Waals surface area contributed by atoms with Gasteiger partial charge in [0.25, 0.3) is 5.91 Å². The molecule has 1 atom stereocenters. The Morgan fingerprint density at radius 1 is 1.21 bits per heavy atom. The Bertz CT molecular complexity index is 887. The van der Waals surface area contributed by atoms with E-state index in [1.54, 1.807) is 0 Å². The van der Waals surface area contributed by atoms with Crippen molar-refractivity contribution in [3.05, 3.63) is 58.5 Å². The van der Waals surface area contributed by atoms with Crippen LogP contribution in [0.2, 0.25) is 0 Å². The lowest BCUT2D eigenvalue weighted by Gasteiger charge is -2.38. The first-order valence-corrected chi connectivity index (χ1v) is 10.6. The highest BCUT2D eigenvalue weighted by molar-refractivity contribution is 9.10. The predicted octanol–water partition coefficient (Wildman–Crippen LogP) is 3.02. The average molecular weight is 461 g/mol. The second-order valence-corrected chi connectivity index (χ2v) is 8.69. The SMILES string of the molecule is CN(Cc1ccc(Br)o1)CN1C(=O)NC2(CCCN(Cc3ccccc3)C2)C1=O. The molecule has 8 heteroatoms. The van der Waals surface area contributed by atoms with Gasteiger partial charge in [0.1, 0.15) is 11.3 Å². The van der Waals surface area contributed by atoms with Gasteiger partial charge in [-0.15, -0.1) is 0 Å². The molecule has 0 aliphatic carbocycles. The van der Waals surface area contributed by atoms with Gasteiger partial charge in [0.05, 0.1) is 13.2 Å². The lowest BCUT2D eigenvalue weighted by atomic mass is 9.88. The lowest BCUT2D eigenvalue weighted by Crippen LogP contribution is -2.58. The number of piperidine rings is 1. The van der Waals surface area contributed by atoms with Crippen molar-refractivity contribution in [3.8, 4) is 0 Å². The molecule has 2 fully saturated rings. The van der Waals surface area contributed by atoms with Gasteiger partial charge in [0.2, 0.25) is 0 Å². The number of nitrogens with zero attached hydrogens (tertiary/aromatic N) is 3. The number of urea groups is 1. The number of halogens is 1. The number of rotatable bonds is 6. The summed E-state index contributed by atoms with van der Waals surface area (Å²) in [5.74, 6) is 0.639. The molecule has 29 heavy (non-hydrogen) atoms. The first kappa shape index (κ1) is 20.1. The van der Waals surface area contributed by atoms with Gasteiger partial charge in [0.15, 0.2) is 4.67 Å². The zero-order valence-corrected chi connectivity index (χ0v) is 18.0. The van der Waals surface area contributed by atoms with E-state index in [-0.39, 0.29) is 18.6 Å². The fourth-order valence-corrected chi connectivity index (χ4v) is 4.54. The number of nitrogens with one attached hydrogen (secondary N) is 1. The summed E-state index contributed by atoms with van der Waals surface area (Å²) in [7, 11) is 1.87. The average Bonchev–Trinajstić information content (AvgIpc) is 3.19. The number of benzene rings is 1. The number of carbonyl (C=O) groups excluding carboxylic acids is 2. The van der Waals surface area contributed by atoms with Gasteiger partial charge >= 0.3 is 6.03 Å². The first-order chi connectivity index (χ1) is 13.9. The van der Waals surface area contributed by atoms with Crippen LogP contribution in [0.15, 0.2) is 51.6 Å². The molecule has 0 bridgehead atoms. The molecule has 1 unspecified atom stereocenters. The monoisotopic (exact) mass is 460 g/mol. The zero-order chi connectivity index (χ0) is 20.4. The Hall–Kier alpha value is -2.16. The fraction of sp³-hybridized carbons (Fsp3) is 0.429. The third kappa shape index (κ3) is 4.39. The van der Waals surface area contributed by atoms with Crippen LogP contribution in [0.5, 0.6) is 0 Å². The van der Waals surface area contributed by atoms with Crippen LogP contribution >= 0.6 is 15.9 Å². The molecule has 1 aromatic carbocycles. The molecule has 1 spiro atoms. The number of hydrogen-bond donors (Lipinski definition) is 1. The summed E-state index contributed by atoms with van der Waals surface area (Å²) < 4.78 is 6.18. The van der Waals surface area contributed by atoms with E-state index in [4.69, 9.17) is 4.42 Å². The van der Waals surface area contributed by atoms with Crippen molar-refractivity contribution in [1.29, 1.82) is 0 Å². The Balaban J connectivity index is 1.41. The van der Waals surface area contributed by atoms with Crippen molar-refractivity contribution >= 4 is 27.9 Å². The van der Waals surface area contributed by atoms with Crippen molar-refractivity contribution in [2.45, 2.75) is 31.5 Å². The van der Waals surface area contributed by atoms with Crippen LogP contribution in [-0.4, -0.2) is 59.0 Å². The topological polar surface area (TPSA) is 69.0 Å². The van der Waals surface area contributed by atoms with Crippen molar-refractivity contribution in [2.24, 2.45) is 0 Å². The fourth-order valence-electron chi connectivity index (χ4n) is 4.20. The minimum Gasteiger partial charge on any atom is -0.453 e. The number of furan rings is 1. The van der Waals surface area contributed by atoms with E-state index in [0.717, 1.165) is 25.3 Å². The molecule has 1 N–H and O–H groups in total. The van der Waals surface area contributed by atoms with Crippen LogP contribution in [-0.2, 0) is 17.9 Å². The maximum atomic E-state index is 13.2. The van der Waals surface area contributed by atoms with Crippen molar-refractivity contribution in [1.82, 2.24) is 20.0 Å². The van der Waals surface area contributed by atoms with Gasteiger partial charge in [-0.2, -0.15) is 0 Å². The third-order valence-corrected chi connectivity index (χ3v) is 5.93. The second-order valence-electron chi connectivity index (χ2n) is 7.91. The largest absolute Gasteiger partial charge is 0.453 e. The maximum absolute atomic E-state index is 13.2. The molecule has 2 saturated heterocycles. The van der Waals surface area contributed by atoms with E-state index in [0.29, 0.717) is 24.2 Å². The van der Waals surface area contributed by atoms with Crippen molar-refractivity contribution < 1.29 is 14.0 Å². The zero-order valence-electron chi connectivity index (χ0n) is 16.4. The highest BCUT2D eigenvalue weighted by atomic mass is 79.9. The highest BCUT2D eigenvalue weighted by Crippen LogP contribution is 2.29. The third-order valence-electron chi connectivity index (χ3n) is 5.50. The van der Waals surface area contributed by atoms with Crippen LogP contribution in [0.3, 0.4) is 0 Å². The molecule has 3 amide bonds. The highest BCUT2D eigenvalue weighted by Gasteiger charge is 2.53. The Labute approximate surface area is 178 Å². The minimum absolute atomic E-state index is 0.132. The number of hydrogen-bond acceptors (Lipinski definition) is 5. The van der Waals surface area contributed by atoms with Gasteiger partial charge in [0, 0.05) is 13.1 Å². The summed E-state index contributed by atoms with van der Waals surface area (Å²) >= 11 is 3.29. The second kappa shape index (κ2) is 8.30. The number of likely N-dealkylation sites (tertiary alicyclic amines) is 1. The molecule has 0 radical (unpaired) electrons. The predicted molar refractivity (Wildman–Crippen MR) is 112 cm³/mol. The Morgan fingerprint density at radius 3 is 2.72 bits per heavy atom. The molecule has 0 saturated carbocycles. The summed E-state index contributed by atoms with van der Waals surface area (Å²) in [6.07, 6.45) is 1.55.